The van der Waals surface area contributed by atoms with Crippen LogP contribution in [0.5, 0.6) is 5.06 Å². The van der Waals surface area contributed by atoms with E-state index in [1.54, 1.807) is 37.4 Å². The van der Waals surface area contributed by atoms with Gasteiger partial charge in [-0.2, -0.15) is 0 Å². The van der Waals surface area contributed by atoms with Crippen LogP contribution in [0.4, 0.5) is 0 Å². The second kappa shape index (κ2) is 6.22. The van der Waals surface area contributed by atoms with Crippen molar-refractivity contribution in [2.24, 2.45) is 0 Å². The third-order valence-electron chi connectivity index (χ3n) is 1.97. The zero-order valence-corrected chi connectivity index (χ0v) is 11.9. The van der Waals surface area contributed by atoms with Gasteiger partial charge in [0.2, 0.25) is 5.91 Å². The van der Waals surface area contributed by atoms with E-state index in [-0.39, 0.29) is 5.91 Å². The van der Waals surface area contributed by atoms with Crippen molar-refractivity contribution in [2.75, 3.05) is 27.7 Å². The number of hydrogen-bond donors (Lipinski definition) is 1. The Morgan fingerprint density at radius 3 is 2.81 bits per heavy atom. The van der Waals surface area contributed by atoms with Crippen LogP contribution in [0.1, 0.15) is 4.88 Å². The highest BCUT2D eigenvalue weighted by Crippen LogP contribution is 2.34. The zero-order chi connectivity index (χ0) is 12.1. The Morgan fingerprint density at radius 2 is 2.31 bits per heavy atom. The Labute approximate surface area is 108 Å². The van der Waals surface area contributed by atoms with E-state index in [1.807, 2.05) is 6.07 Å². The number of halogens is 1. The molecule has 4 nitrogen and oxygen atoms in total. The summed E-state index contributed by atoms with van der Waals surface area (Å²) in [5.74, 6) is 0.0718. The third kappa shape index (κ3) is 3.77. The molecule has 1 rings (SSSR count). The molecular weight excluding hydrogens is 292 g/mol. The van der Waals surface area contributed by atoms with Crippen LogP contribution in [0.25, 0.3) is 0 Å². The number of likely N-dealkylation sites (N-methyl/N-ethyl adjacent to an activating group) is 1. The minimum atomic E-state index is 0.0718. The topological polar surface area (TPSA) is 41.6 Å². The van der Waals surface area contributed by atoms with E-state index >= 15 is 0 Å². The van der Waals surface area contributed by atoms with E-state index in [2.05, 4.69) is 21.2 Å². The molecule has 0 aliphatic heterocycles. The lowest BCUT2D eigenvalue weighted by molar-refractivity contribution is -0.127. The monoisotopic (exact) mass is 306 g/mol. The summed E-state index contributed by atoms with van der Waals surface area (Å²) in [7, 11) is 5.13. The molecule has 90 valence electrons. The molecule has 0 atom stereocenters. The van der Waals surface area contributed by atoms with E-state index in [0.717, 1.165) is 14.4 Å². The van der Waals surface area contributed by atoms with Gasteiger partial charge >= 0.3 is 0 Å². The Balaban J connectivity index is 2.40. The smallest absolute Gasteiger partial charge is 0.236 e. The molecule has 6 heteroatoms. The molecule has 0 unspecified atom stereocenters. The molecule has 1 aromatic heterocycles. The van der Waals surface area contributed by atoms with Crippen LogP contribution in [0, 0.1) is 0 Å². The van der Waals surface area contributed by atoms with Crippen LogP contribution in [0.2, 0.25) is 0 Å². The van der Waals surface area contributed by atoms with Crippen molar-refractivity contribution < 1.29 is 9.53 Å². The van der Waals surface area contributed by atoms with Crippen molar-refractivity contribution in [3.8, 4) is 5.06 Å². The predicted octanol–water partition coefficient (Wildman–Crippen LogP) is 1.70. The molecule has 0 spiro atoms. The lowest BCUT2D eigenvalue weighted by Crippen LogP contribution is -2.32. The first-order chi connectivity index (χ1) is 7.54. The van der Waals surface area contributed by atoms with E-state index in [4.69, 9.17) is 4.74 Å². The molecular formula is C10H15BrN2O2S. The first-order valence-corrected chi connectivity index (χ1v) is 6.38. The van der Waals surface area contributed by atoms with Gasteiger partial charge in [-0.15, -0.1) is 11.3 Å². The van der Waals surface area contributed by atoms with Gasteiger partial charge < -0.3 is 15.0 Å². The summed E-state index contributed by atoms with van der Waals surface area (Å²) in [6.07, 6.45) is 0. The number of thiophene rings is 1. The molecule has 0 bridgehead atoms. The molecule has 16 heavy (non-hydrogen) atoms. The number of carbonyl (C=O) groups is 1. The summed E-state index contributed by atoms with van der Waals surface area (Å²) < 4.78 is 6.11. The highest BCUT2D eigenvalue weighted by molar-refractivity contribution is 9.10. The van der Waals surface area contributed by atoms with Crippen molar-refractivity contribution in [3.63, 3.8) is 0 Å². The SMILES string of the molecule is COc1sc(CNCC(=O)N(C)C)cc1Br. The molecule has 1 amide bonds. The summed E-state index contributed by atoms with van der Waals surface area (Å²) in [6, 6.07) is 2.00. The van der Waals surface area contributed by atoms with Crippen LogP contribution >= 0.6 is 27.3 Å². The molecule has 0 aliphatic carbocycles. The van der Waals surface area contributed by atoms with E-state index < -0.39 is 0 Å². The van der Waals surface area contributed by atoms with Gasteiger partial charge in [0.05, 0.1) is 18.1 Å². The van der Waals surface area contributed by atoms with Crippen LogP contribution in [0.3, 0.4) is 0 Å². The highest BCUT2D eigenvalue weighted by atomic mass is 79.9. The fraction of sp³-hybridized carbons (Fsp3) is 0.500. The first-order valence-electron chi connectivity index (χ1n) is 4.77. The normalized spacial score (nSPS) is 10.2. The van der Waals surface area contributed by atoms with Gasteiger partial charge in [-0.05, 0) is 22.0 Å². The van der Waals surface area contributed by atoms with Crippen LogP contribution in [-0.4, -0.2) is 38.6 Å². The number of rotatable bonds is 5. The second-order valence-corrected chi connectivity index (χ2v) is 5.40. The Hall–Kier alpha value is -0.590. The number of nitrogens with one attached hydrogen (secondary N) is 1. The maximum absolute atomic E-state index is 11.3. The van der Waals surface area contributed by atoms with Crippen LogP contribution < -0.4 is 10.1 Å². The highest BCUT2D eigenvalue weighted by Gasteiger charge is 2.07. The molecule has 0 saturated heterocycles. The molecule has 0 radical (unpaired) electrons. The Kier molecular flexibility index (Phi) is 5.24. The molecule has 0 aromatic carbocycles. The summed E-state index contributed by atoms with van der Waals surface area (Å²) in [5, 5.41) is 3.95. The lowest BCUT2D eigenvalue weighted by Gasteiger charge is -2.10. The Morgan fingerprint density at radius 1 is 1.62 bits per heavy atom. The summed E-state index contributed by atoms with van der Waals surface area (Å²) in [4.78, 5) is 14.0. The molecule has 1 aromatic rings. The van der Waals surface area contributed by atoms with Crippen LogP contribution in [0.15, 0.2) is 10.5 Å². The maximum atomic E-state index is 11.3. The van der Waals surface area contributed by atoms with Gasteiger partial charge in [-0.3, -0.25) is 4.79 Å². The Bertz CT molecular complexity index is 366. The van der Waals surface area contributed by atoms with Crippen molar-refractivity contribution in [2.45, 2.75) is 6.54 Å². The lowest BCUT2D eigenvalue weighted by atomic mass is 10.4. The average Bonchev–Trinajstić information content (AvgIpc) is 2.58. The minimum Gasteiger partial charge on any atom is -0.486 e. The number of nitrogens with zero attached hydrogens (tertiary/aromatic N) is 1. The minimum absolute atomic E-state index is 0.0718. The number of amides is 1. The number of ether oxygens (including phenoxy) is 1. The maximum Gasteiger partial charge on any atom is 0.236 e. The van der Waals surface area contributed by atoms with Gasteiger partial charge in [0.1, 0.15) is 0 Å². The fourth-order valence-corrected chi connectivity index (χ4v) is 2.74. The van der Waals surface area contributed by atoms with Gasteiger partial charge in [0.25, 0.3) is 0 Å². The van der Waals surface area contributed by atoms with E-state index in [9.17, 15) is 4.79 Å². The average molecular weight is 307 g/mol. The number of hydrogen-bond acceptors (Lipinski definition) is 4. The summed E-state index contributed by atoms with van der Waals surface area (Å²) >= 11 is 4.97. The zero-order valence-electron chi connectivity index (χ0n) is 9.54. The molecule has 0 saturated carbocycles. The fourth-order valence-electron chi connectivity index (χ4n) is 1.07. The van der Waals surface area contributed by atoms with Gasteiger partial charge in [-0.1, -0.05) is 0 Å². The molecule has 1 N–H and O–H groups in total. The molecule has 0 fully saturated rings. The molecule has 1 heterocycles. The number of carbonyl (C=O) groups excluding carboxylic acids is 1. The van der Waals surface area contributed by atoms with Crippen molar-refractivity contribution in [3.05, 3.63) is 15.4 Å². The largest absolute Gasteiger partial charge is 0.486 e. The predicted molar refractivity (Wildman–Crippen MR) is 69.0 cm³/mol. The summed E-state index contributed by atoms with van der Waals surface area (Å²) in [5.41, 5.74) is 0. The first kappa shape index (κ1) is 13.5. The van der Waals surface area contributed by atoms with Gasteiger partial charge in [0.15, 0.2) is 5.06 Å². The third-order valence-corrected chi connectivity index (χ3v) is 3.91. The van der Waals surface area contributed by atoms with Gasteiger partial charge in [0, 0.05) is 25.5 Å². The molecule has 0 aliphatic rings. The quantitative estimate of drug-likeness (QED) is 0.900. The van der Waals surface area contributed by atoms with Crippen molar-refractivity contribution in [1.82, 2.24) is 10.2 Å². The number of methoxy groups -OCH3 is 1. The van der Waals surface area contributed by atoms with Crippen LogP contribution in [-0.2, 0) is 11.3 Å². The second-order valence-electron chi connectivity index (χ2n) is 3.44. The standard InChI is InChI=1S/C10H15BrN2O2S/c1-13(2)9(14)6-12-5-7-4-8(11)10(15-3)16-7/h4,12H,5-6H2,1-3H3. The van der Waals surface area contributed by atoms with Crippen molar-refractivity contribution >= 4 is 33.2 Å². The van der Waals surface area contributed by atoms with E-state index in [0.29, 0.717) is 13.1 Å². The summed E-state index contributed by atoms with van der Waals surface area (Å²) in [6.45, 7) is 1.02. The van der Waals surface area contributed by atoms with E-state index in [1.165, 1.54) is 0 Å². The van der Waals surface area contributed by atoms with Gasteiger partial charge in [-0.25, -0.2) is 0 Å². The van der Waals surface area contributed by atoms with Crippen molar-refractivity contribution in [1.29, 1.82) is 0 Å².